The van der Waals surface area contributed by atoms with E-state index in [2.05, 4.69) is 4.98 Å². The summed E-state index contributed by atoms with van der Waals surface area (Å²) < 4.78 is 4.75. The van der Waals surface area contributed by atoms with Crippen LogP contribution in [0.1, 0.15) is 18.2 Å². The molecular formula is C11H14N2O2. The number of anilines is 1. The first kappa shape index (κ1) is 11.2. The largest absolute Gasteiger partial charge is 0.463 e. The van der Waals surface area contributed by atoms with Crippen LogP contribution in [0.2, 0.25) is 0 Å². The molecule has 15 heavy (non-hydrogen) atoms. The van der Waals surface area contributed by atoms with Gasteiger partial charge in [-0.2, -0.15) is 0 Å². The van der Waals surface area contributed by atoms with Crippen molar-refractivity contribution in [1.82, 2.24) is 4.98 Å². The van der Waals surface area contributed by atoms with Crippen LogP contribution in [0.4, 0.5) is 5.69 Å². The number of nitrogen functional groups attached to an aromatic ring is 1. The topological polar surface area (TPSA) is 65.2 Å². The summed E-state index contributed by atoms with van der Waals surface area (Å²) in [6, 6.07) is 1.80. The van der Waals surface area contributed by atoms with Crippen LogP contribution in [0.5, 0.6) is 0 Å². The maximum Gasteiger partial charge on any atom is 0.330 e. The van der Waals surface area contributed by atoms with Crippen LogP contribution in [0.15, 0.2) is 18.3 Å². The van der Waals surface area contributed by atoms with E-state index in [4.69, 9.17) is 10.5 Å². The summed E-state index contributed by atoms with van der Waals surface area (Å²) in [5.74, 6) is -0.365. The number of ether oxygens (including phenoxy) is 1. The Morgan fingerprint density at radius 3 is 3.00 bits per heavy atom. The van der Waals surface area contributed by atoms with Crippen LogP contribution < -0.4 is 5.73 Å². The van der Waals surface area contributed by atoms with Gasteiger partial charge in [-0.25, -0.2) is 4.79 Å². The van der Waals surface area contributed by atoms with Crippen LogP contribution in [0, 0.1) is 6.92 Å². The number of rotatable bonds is 3. The number of aryl methyl sites for hydroxylation is 1. The number of nitrogens with two attached hydrogens (primary N) is 1. The van der Waals surface area contributed by atoms with Gasteiger partial charge in [-0.05, 0) is 31.6 Å². The molecule has 0 aliphatic rings. The molecule has 0 aliphatic heterocycles. The van der Waals surface area contributed by atoms with Crippen molar-refractivity contribution in [1.29, 1.82) is 0 Å². The summed E-state index contributed by atoms with van der Waals surface area (Å²) in [6.45, 7) is 4.02. The summed E-state index contributed by atoms with van der Waals surface area (Å²) in [7, 11) is 0. The van der Waals surface area contributed by atoms with Crippen molar-refractivity contribution in [3.8, 4) is 0 Å². The third kappa shape index (κ3) is 3.42. The molecule has 0 bridgehead atoms. The third-order valence-electron chi connectivity index (χ3n) is 1.80. The van der Waals surface area contributed by atoms with Gasteiger partial charge in [0, 0.05) is 6.08 Å². The van der Waals surface area contributed by atoms with Crippen molar-refractivity contribution < 1.29 is 9.53 Å². The SMILES string of the molecule is CCOC(=O)C=Cc1ncc(N)cc1C. The Balaban J connectivity index is 2.76. The fourth-order valence-corrected chi connectivity index (χ4v) is 1.12. The quantitative estimate of drug-likeness (QED) is 0.602. The number of carbonyl (C=O) groups is 1. The standard InChI is InChI=1S/C11H14N2O2/c1-3-15-11(14)5-4-10-8(2)6-9(12)7-13-10/h4-7H,3,12H2,1-2H3. The zero-order valence-corrected chi connectivity index (χ0v) is 8.86. The van der Waals surface area contributed by atoms with Gasteiger partial charge in [0.05, 0.1) is 24.2 Å². The van der Waals surface area contributed by atoms with Crippen LogP contribution in [0.25, 0.3) is 6.08 Å². The fourth-order valence-electron chi connectivity index (χ4n) is 1.12. The van der Waals surface area contributed by atoms with E-state index in [0.717, 1.165) is 11.3 Å². The Hall–Kier alpha value is -1.84. The van der Waals surface area contributed by atoms with E-state index in [0.29, 0.717) is 12.3 Å². The highest BCUT2D eigenvalue weighted by Gasteiger charge is 1.98. The van der Waals surface area contributed by atoms with Crippen LogP contribution >= 0.6 is 0 Å². The number of nitrogens with zero attached hydrogens (tertiary/aromatic N) is 1. The molecule has 0 aliphatic carbocycles. The second kappa shape index (κ2) is 5.14. The first-order chi connectivity index (χ1) is 7.13. The van der Waals surface area contributed by atoms with Gasteiger partial charge < -0.3 is 10.5 Å². The van der Waals surface area contributed by atoms with Crippen LogP contribution in [0.3, 0.4) is 0 Å². The normalized spacial score (nSPS) is 10.5. The molecule has 1 heterocycles. The summed E-state index contributed by atoms with van der Waals surface area (Å²) in [6.07, 6.45) is 4.53. The van der Waals surface area contributed by atoms with Gasteiger partial charge in [-0.1, -0.05) is 0 Å². The average Bonchev–Trinajstić information content (AvgIpc) is 2.17. The Morgan fingerprint density at radius 1 is 1.67 bits per heavy atom. The van der Waals surface area contributed by atoms with Gasteiger partial charge in [0.1, 0.15) is 0 Å². The molecule has 4 heteroatoms. The van der Waals surface area contributed by atoms with Gasteiger partial charge in [-0.15, -0.1) is 0 Å². The van der Waals surface area contributed by atoms with Gasteiger partial charge in [0.2, 0.25) is 0 Å². The second-order valence-corrected chi connectivity index (χ2v) is 3.06. The minimum Gasteiger partial charge on any atom is -0.463 e. The maximum atomic E-state index is 11.0. The summed E-state index contributed by atoms with van der Waals surface area (Å²) in [4.78, 5) is 15.1. The Kier molecular flexibility index (Phi) is 3.85. The van der Waals surface area contributed by atoms with Gasteiger partial charge >= 0.3 is 5.97 Å². The number of hydrogen-bond donors (Lipinski definition) is 1. The van der Waals surface area contributed by atoms with Crippen molar-refractivity contribution in [3.05, 3.63) is 29.6 Å². The lowest BCUT2D eigenvalue weighted by Gasteiger charge is -2.00. The highest BCUT2D eigenvalue weighted by atomic mass is 16.5. The van der Waals surface area contributed by atoms with Crippen molar-refractivity contribution in [2.75, 3.05) is 12.3 Å². The van der Waals surface area contributed by atoms with E-state index in [1.165, 1.54) is 6.08 Å². The van der Waals surface area contributed by atoms with E-state index in [1.54, 1.807) is 25.3 Å². The van der Waals surface area contributed by atoms with Crippen molar-refractivity contribution in [3.63, 3.8) is 0 Å². The lowest BCUT2D eigenvalue weighted by Crippen LogP contribution is -1.99. The first-order valence-corrected chi connectivity index (χ1v) is 4.70. The van der Waals surface area contributed by atoms with E-state index >= 15 is 0 Å². The lowest BCUT2D eigenvalue weighted by molar-refractivity contribution is -0.137. The summed E-state index contributed by atoms with van der Waals surface area (Å²) in [5.41, 5.74) is 7.81. The van der Waals surface area contributed by atoms with E-state index in [-0.39, 0.29) is 5.97 Å². The number of carbonyl (C=O) groups excluding carboxylic acids is 1. The summed E-state index contributed by atoms with van der Waals surface area (Å²) in [5, 5.41) is 0. The average molecular weight is 206 g/mol. The molecule has 1 aromatic rings. The first-order valence-electron chi connectivity index (χ1n) is 4.70. The monoisotopic (exact) mass is 206 g/mol. The molecular weight excluding hydrogens is 192 g/mol. The van der Waals surface area contributed by atoms with E-state index in [9.17, 15) is 4.79 Å². The van der Waals surface area contributed by atoms with Crippen molar-refractivity contribution in [2.24, 2.45) is 0 Å². The van der Waals surface area contributed by atoms with Gasteiger partial charge in [0.15, 0.2) is 0 Å². The molecule has 0 aromatic carbocycles. The van der Waals surface area contributed by atoms with E-state index < -0.39 is 0 Å². The predicted molar refractivity (Wildman–Crippen MR) is 59.1 cm³/mol. The molecule has 80 valence electrons. The molecule has 0 atom stereocenters. The van der Waals surface area contributed by atoms with Gasteiger partial charge in [-0.3, -0.25) is 4.98 Å². The number of aromatic nitrogens is 1. The number of pyridine rings is 1. The third-order valence-corrected chi connectivity index (χ3v) is 1.80. The zero-order valence-electron chi connectivity index (χ0n) is 8.86. The van der Waals surface area contributed by atoms with Crippen LogP contribution in [-0.4, -0.2) is 17.6 Å². The van der Waals surface area contributed by atoms with Gasteiger partial charge in [0.25, 0.3) is 0 Å². The molecule has 1 aromatic heterocycles. The second-order valence-electron chi connectivity index (χ2n) is 3.06. The smallest absolute Gasteiger partial charge is 0.330 e. The molecule has 0 saturated carbocycles. The minimum atomic E-state index is -0.365. The predicted octanol–water partition coefficient (Wildman–Crippen LogP) is 1.55. The molecule has 0 saturated heterocycles. The number of esters is 1. The molecule has 1 rings (SSSR count). The van der Waals surface area contributed by atoms with E-state index in [1.807, 2.05) is 6.92 Å². The highest BCUT2D eigenvalue weighted by molar-refractivity contribution is 5.86. The summed E-state index contributed by atoms with van der Waals surface area (Å²) >= 11 is 0. The lowest BCUT2D eigenvalue weighted by atomic mass is 10.2. The Morgan fingerprint density at radius 2 is 2.40 bits per heavy atom. The fraction of sp³-hybridized carbons (Fsp3) is 0.273. The zero-order chi connectivity index (χ0) is 11.3. The highest BCUT2D eigenvalue weighted by Crippen LogP contribution is 2.10. The molecule has 0 amide bonds. The Bertz CT molecular complexity index is 386. The minimum absolute atomic E-state index is 0.365. The molecule has 0 fully saturated rings. The molecule has 4 nitrogen and oxygen atoms in total. The Labute approximate surface area is 88.8 Å². The molecule has 0 unspecified atom stereocenters. The maximum absolute atomic E-state index is 11.0. The molecule has 2 N–H and O–H groups in total. The van der Waals surface area contributed by atoms with Crippen LogP contribution in [-0.2, 0) is 9.53 Å². The van der Waals surface area contributed by atoms with Crippen molar-refractivity contribution >= 4 is 17.7 Å². The van der Waals surface area contributed by atoms with Crippen molar-refractivity contribution in [2.45, 2.75) is 13.8 Å². The molecule has 0 spiro atoms. The number of hydrogen-bond acceptors (Lipinski definition) is 4. The molecule has 0 radical (unpaired) electrons.